The first-order valence-corrected chi connectivity index (χ1v) is 6.11. The maximum absolute atomic E-state index is 5.11. The van der Waals surface area contributed by atoms with Gasteiger partial charge in [-0.15, -0.1) is 11.3 Å². The van der Waals surface area contributed by atoms with Crippen molar-refractivity contribution in [1.29, 1.82) is 0 Å². The van der Waals surface area contributed by atoms with E-state index in [1.165, 1.54) is 8.42 Å². The highest BCUT2D eigenvalue weighted by atomic mass is 32.2. The Morgan fingerprint density at radius 3 is 2.85 bits per heavy atom. The third-order valence-electron chi connectivity index (χ3n) is 1.41. The molecule has 2 aromatic rings. The number of thiophene rings is 2. The van der Waals surface area contributed by atoms with E-state index in [2.05, 4.69) is 17.5 Å². The quantitative estimate of drug-likeness (QED) is 0.789. The van der Waals surface area contributed by atoms with Gasteiger partial charge in [0, 0.05) is 5.38 Å². The minimum atomic E-state index is 0.961. The lowest BCUT2D eigenvalue weighted by atomic mass is 10.6. The van der Waals surface area contributed by atoms with E-state index in [-0.39, 0.29) is 0 Å². The molecule has 0 aliphatic carbocycles. The normalized spacial score (nSPS) is 10.2. The zero-order chi connectivity index (χ0) is 9.10. The minimum absolute atomic E-state index is 0.961. The Bertz CT molecular complexity index is 364. The Morgan fingerprint density at radius 1 is 1.31 bits per heavy atom. The van der Waals surface area contributed by atoms with Gasteiger partial charge in [0.05, 0.1) is 15.5 Å². The Morgan fingerprint density at radius 2 is 2.23 bits per heavy atom. The SMILES string of the molecule is COc1ccc(Sc2cc[c]s2)s1. The van der Waals surface area contributed by atoms with Crippen molar-refractivity contribution in [3.63, 3.8) is 0 Å². The summed E-state index contributed by atoms with van der Waals surface area (Å²) in [5.74, 6) is 0. The fourth-order valence-electron chi connectivity index (χ4n) is 0.850. The Labute approximate surface area is 89.4 Å². The second-order valence-corrected chi connectivity index (χ2v) is 5.78. The first-order valence-electron chi connectivity index (χ1n) is 3.66. The molecular formula is C9H7OS3. The molecular weight excluding hydrogens is 220 g/mol. The highest BCUT2D eigenvalue weighted by Gasteiger charge is 2.02. The Kier molecular flexibility index (Phi) is 2.93. The van der Waals surface area contributed by atoms with Crippen LogP contribution < -0.4 is 4.74 Å². The Hall–Kier alpha value is -0.450. The molecule has 0 aliphatic heterocycles. The predicted octanol–water partition coefficient (Wildman–Crippen LogP) is 3.77. The van der Waals surface area contributed by atoms with Gasteiger partial charge >= 0.3 is 0 Å². The molecule has 2 rings (SSSR count). The molecule has 0 aliphatic rings. The minimum Gasteiger partial charge on any atom is -0.487 e. The first-order chi connectivity index (χ1) is 6.38. The summed E-state index contributed by atoms with van der Waals surface area (Å²) >= 11 is 5.06. The lowest BCUT2D eigenvalue weighted by Crippen LogP contribution is -1.73. The molecule has 0 unspecified atom stereocenters. The molecule has 0 saturated heterocycles. The summed E-state index contributed by atoms with van der Waals surface area (Å²) in [6, 6.07) is 8.08. The van der Waals surface area contributed by atoms with Gasteiger partial charge in [-0.05, 0) is 24.3 Å². The van der Waals surface area contributed by atoms with Crippen LogP contribution >= 0.6 is 34.4 Å². The van der Waals surface area contributed by atoms with Gasteiger partial charge in [0.2, 0.25) is 0 Å². The Balaban J connectivity index is 2.10. The van der Waals surface area contributed by atoms with Crippen molar-refractivity contribution in [3.05, 3.63) is 29.6 Å². The molecule has 0 spiro atoms. The fraction of sp³-hybridized carbons (Fsp3) is 0.111. The van der Waals surface area contributed by atoms with Crippen LogP contribution in [0, 0.1) is 5.38 Å². The van der Waals surface area contributed by atoms with Crippen LogP contribution in [0.5, 0.6) is 5.06 Å². The molecule has 1 radical (unpaired) electrons. The van der Waals surface area contributed by atoms with Crippen molar-refractivity contribution in [2.24, 2.45) is 0 Å². The van der Waals surface area contributed by atoms with E-state index in [1.54, 1.807) is 41.5 Å². The molecule has 0 amide bonds. The molecule has 2 heterocycles. The molecule has 0 bridgehead atoms. The molecule has 0 atom stereocenters. The summed E-state index contributed by atoms with van der Waals surface area (Å²) < 4.78 is 7.64. The number of ether oxygens (including phenoxy) is 1. The third-order valence-corrected chi connectivity index (χ3v) is 4.51. The van der Waals surface area contributed by atoms with E-state index in [0.717, 1.165) is 5.06 Å². The maximum Gasteiger partial charge on any atom is 0.174 e. The third kappa shape index (κ3) is 2.27. The van der Waals surface area contributed by atoms with Crippen LogP contribution in [0.15, 0.2) is 32.7 Å². The van der Waals surface area contributed by atoms with Gasteiger partial charge in [0.15, 0.2) is 5.06 Å². The van der Waals surface area contributed by atoms with Gasteiger partial charge in [0.1, 0.15) is 0 Å². The van der Waals surface area contributed by atoms with Crippen molar-refractivity contribution in [2.75, 3.05) is 7.11 Å². The van der Waals surface area contributed by atoms with E-state index in [4.69, 9.17) is 4.74 Å². The van der Waals surface area contributed by atoms with E-state index in [0.29, 0.717) is 0 Å². The molecule has 4 heteroatoms. The highest BCUT2D eigenvalue weighted by molar-refractivity contribution is 8.02. The topological polar surface area (TPSA) is 9.23 Å². The molecule has 0 saturated carbocycles. The monoisotopic (exact) mass is 227 g/mol. The van der Waals surface area contributed by atoms with Crippen LogP contribution in [-0.4, -0.2) is 7.11 Å². The van der Waals surface area contributed by atoms with Crippen molar-refractivity contribution in [1.82, 2.24) is 0 Å². The summed E-state index contributed by atoms with van der Waals surface area (Å²) in [6.45, 7) is 0. The van der Waals surface area contributed by atoms with Crippen LogP contribution in [0.4, 0.5) is 0 Å². The van der Waals surface area contributed by atoms with Crippen LogP contribution in [0.2, 0.25) is 0 Å². The highest BCUT2D eigenvalue weighted by Crippen LogP contribution is 2.38. The summed E-state index contributed by atoms with van der Waals surface area (Å²) in [5, 5.41) is 4.03. The second kappa shape index (κ2) is 4.17. The van der Waals surface area contributed by atoms with E-state index >= 15 is 0 Å². The zero-order valence-corrected chi connectivity index (χ0v) is 9.39. The standard InChI is InChI=1S/C9H7OS3/c1-10-7-4-5-9(12-7)13-8-3-2-6-11-8/h2-5H,1H3. The van der Waals surface area contributed by atoms with Gasteiger partial charge in [-0.2, -0.15) is 0 Å². The van der Waals surface area contributed by atoms with Gasteiger partial charge in [-0.25, -0.2) is 0 Å². The van der Waals surface area contributed by atoms with E-state index < -0.39 is 0 Å². The zero-order valence-electron chi connectivity index (χ0n) is 6.94. The molecule has 0 aromatic carbocycles. The first kappa shape index (κ1) is 9.12. The number of methoxy groups -OCH3 is 1. The predicted molar refractivity (Wildman–Crippen MR) is 58.1 cm³/mol. The van der Waals surface area contributed by atoms with Crippen LogP contribution in [-0.2, 0) is 0 Å². The number of hydrogen-bond acceptors (Lipinski definition) is 4. The summed E-state index contributed by atoms with van der Waals surface area (Å²) in [5.41, 5.74) is 0. The van der Waals surface area contributed by atoms with Crippen LogP contribution in [0.1, 0.15) is 0 Å². The van der Waals surface area contributed by atoms with E-state index in [9.17, 15) is 0 Å². The van der Waals surface area contributed by atoms with Gasteiger partial charge in [0.25, 0.3) is 0 Å². The van der Waals surface area contributed by atoms with E-state index in [1.807, 2.05) is 12.1 Å². The van der Waals surface area contributed by atoms with Gasteiger partial charge < -0.3 is 4.74 Å². The average Bonchev–Trinajstić information content (AvgIpc) is 2.76. The average molecular weight is 227 g/mol. The lowest BCUT2D eigenvalue weighted by molar-refractivity contribution is 0.427. The molecule has 1 nitrogen and oxygen atoms in total. The molecule has 0 fully saturated rings. The van der Waals surface area contributed by atoms with Gasteiger partial charge in [-0.1, -0.05) is 23.1 Å². The maximum atomic E-state index is 5.11. The van der Waals surface area contributed by atoms with Crippen molar-refractivity contribution < 1.29 is 4.74 Å². The lowest BCUT2D eigenvalue weighted by Gasteiger charge is -1.91. The summed E-state index contributed by atoms with van der Waals surface area (Å²) in [4.78, 5) is 0. The fourth-order valence-corrected chi connectivity index (χ4v) is 3.68. The number of hydrogen-bond donors (Lipinski definition) is 0. The molecule has 13 heavy (non-hydrogen) atoms. The van der Waals surface area contributed by atoms with Gasteiger partial charge in [-0.3, -0.25) is 0 Å². The molecule has 0 N–H and O–H groups in total. The van der Waals surface area contributed by atoms with Crippen molar-refractivity contribution in [2.45, 2.75) is 8.42 Å². The second-order valence-electron chi connectivity index (χ2n) is 2.25. The van der Waals surface area contributed by atoms with Crippen LogP contribution in [0.3, 0.4) is 0 Å². The summed E-state index contributed by atoms with van der Waals surface area (Å²) in [6.07, 6.45) is 0. The molecule has 67 valence electrons. The summed E-state index contributed by atoms with van der Waals surface area (Å²) in [7, 11) is 1.69. The number of rotatable bonds is 3. The largest absolute Gasteiger partial charge is 0.487 e. The smallest absolute Gasteiger partial charge is 0.174 e. The molecule has 2 aromatic heterocycles. The van der Waals surface area contributed by atoms with Crippen molar-refractivity contribution >= 4 is 34.4 Å². The van der Waals surface area contributed by atoms with Crippen molar-refractivity contribution in [3.8, 4) is 5.06 Å². The van der Waals surface area contributed by atoms with Crippen LogP contribution in [0.25, 0.3) is 0 Å².